The van der Waals surface area contributed by atoms with E-state index in [0.29, 0.717) is 37.4 Å². The highest BCUT2D eigenvalue weighted by atomic mass is 16.5. The number of carbonyl (C=O) groups is 2. The molecule has 7 nitrogen and oxygen atoms in total. The predicted octanol–water partition coefficient (Wildman–Crippen LogP) is 3.82. The largest absolute Gasteiger partial charge is 0.493 e. The molecular formula is C24H34N2O5. The third-order valence-corrected chi connectivity index (χ3v) is 5.17. The Labute approximate surface area is 184 Å². The fourth-order valence-electron chi connectivity index (χ4n) is 3.36. The Bertz CT molecular complexity index is 875. The van der Waals surface area contributed by atoms with Gasteiger partial charge in [-0.1, -0.05) is 13.0 Å². The summed E-state index contributed by atoms with van der Waals surface area (Å²) < 4.78 is 16.4. The molecule has 1 aromatic heterocycles. The summed E-state index contributed by atoms with van der Waals surface area (Å²) in [6, 6.07) is 9.45. The van der Waals surface area contributed by atoms with Crippen LogP contribution >= 0.6 is 0 Å². The zero-order valence-corrected chi connectivity index (χ0v) is 19.4. The summed E-state index contributed by atoms with van der Waals surface area (Å²) in [5, 5.41) is 0. The first-order valence-electron chi connectivity index (χ1n) is 10.6. The molecule has 1 heterocycles. The monoisotopic (exact) mass is 430 g/mol. The molecule has 0 aliphatic rings. The van der Waals surface area contributed by atoms with Crippen LogP contribution in [0.3, 0.4) is 0 Å². The van der Waals surface area contributed by atoms with Gasteiger partial charge in [-0.3, -0.25) is 9.59 Å². The van der Waals surface area contributed by atoms with Crippen molar-refractivity contribution in [2.45, 2.75) is 53.1 Å². The Hall–Kier alpha value is -2.96. The van der Waals surface area contributed by atoms with E-state index in [4.69, 9.17) is 13.9 Å². The lowest BCUT2D eigenvalue weighted by Gasteiger charge is -2.29. The normalized spacial score (nSPS) is 10.8. The molecule has 170 valence electrons. The fourth-order valence-corrected chi connectivity index (χ4v) is 3.36. The van der Waals surface area contributed by atoms with E-state index in [9.17, 15) is 9.59 Å². The van der Waals surface area contributed by atoms with Crippen molar-refractivity contribution in [3.05, 3.63) is 47.4 Å². The van der Waals surface area contributed by atoms with Gasteiger partial charge >= 0.3 is 0 Å². The Kier molecular flexibility index (Phi) is 8.97. The summed E-state index contributed by atoms with van der Waals surface area (Å²) >= 11 is 0. The first kappa shape index (κ1) is 24.3. The summed E-state index contributed by atoms with van der Waals surface area (Å²) in [4.78, 5) is 28.8. The molecule has 0 N–H and O–H groups in total. The number of carbonyl (C=O) groups excluding carboxylic acids is 2. The first-order valence-corrected chi connectivity index (χ1v) is 10.6. The Morgan fingerprint density at radius 1 is 1.03 bits per heavy atom. The van der Waals surface area contributed by atoms with E-state index in [0.717, 1.165) is 17.1 Å². The zero-order valence-electron chi connectivity index (χ0n) is 19.4. The van der Waals surface area contributed by atoms with Crippen molar-refractivity contribution in [2.24, 2.45) is 0 Å². The number of amides is 2. The molecule has 0 unspecified atom stereocenters. The molecule has 0 bridgehead atoms. The summed E-state index contributed by atoms with van der Waals surface area (Å²) in [5.74, 6) is 2.69. The van der Waals surface area contributed by atoms with Gasteiger partial charge in [0.1, 0.15) is 11.5 Å². The quantitative estimate of drug-likeness (QED) is 0.542. The maximum absolute atomic E-state index is 13.2. The predicted molar refractivity (Wildman–Crippen MR) is 119 cm³/mol. The molecule has 0 aliphatic carbocycles. The lowest BCUT2D eigenvalue weighted by atomic mass is 10.1. The molecule has 1 aromatic carbocycles. The van der Waals surface area contributed by atoms with Gasteiger partial charge in [0.2, 0.25) is 11.8 Å². The van der Waals surface area contributed by atoms with E-state index in [1.54, 1.807) is 24.0 Å². The maximum Gasteiger partial charge on any atom is 0.242 e. The molecule has 0 fully saturated rings. The van der Waals surface area contributed by atoms with Gasteiger partial charge in [-0.25, -0.2) is 0 Å². The smallest absolute Gasteiger partial charge is 0.242 e. The van der Waals surface area contributed by atoms with Gasteiger partial charge in [0.15, 0.2) is 11.5 Å². The minimum absolute atomic E-state index is 0.0305. The van der Waals surface area contributed by atoms with Gasteiger partial charge < -0.3 is 23.7 Å². The number of hydrogen-bond donors (Lipinski definition) is 0. The van der Waals surface area contributed by atoms with E-state index in [2.05, 4.69) is 0 Å². The molecular weight excluding hydrogens is 396 g/mol. The van der Waals surface area contributed by atoms with Crippen LogP contribution in [0, 0.1) is 6.92 Å². The van der Waals surface area contributed by atoms with E-state index >= 15 is 0 Å². The van der Waals surface area contributed by atoms with Crippen LogP contribution in [0.1, 0.15) is 44.3 Å². The molecule has 0 radical (unpaired) electrons. The van der Waals surface area contributed by atoms with Gasteiger partial charge in [0, 0.05) is 19.0 Å². The van der Waals surface area contributed by atoms with Crippen LogP contribution in [0.25, 0.3) is 0 Å². The number of ether oxygens (including phenoxy) is 2. The number of rotatable bonds is 11. The van der Waals surface area contributed by atoms with Gasteiger partial charge in [-0.15, -0.1) is 0 Å². The molecule has 2 amide bonds. The Morgan fingerprint density at radius 2 is 1.74 bits per heavy atom. The lowest BCUT2D eigenvalue weighted by molar-refractivity contribution is -0.142. The third kappa shape index (κ3) is 6.77. The van der Waals surface area contributed by atoms with Crippen molar-refractivity contribution in [1.29, 1.82) is 0 Å². The van der Waals surface area contributed by atoms with E-state index in [1.807, 2.05) is 58.0 Å². The van der Waals surface area contributed by atoms with Crippen molar-refractivity contribution in [3.8, 4) is 11.5 Å². The zero-order chi connectivity index (χ0) is 23.0. The van der Waals surface area contributed by atoms with Crippen LogP contribution in [0.4, 0.5) is 0 Å². The number of furan rings is 1. The van der Waals surface area contributed by atoms with Crippen LogP contribution < -0.4 is 9.47 Å². The van der Waals surface area contributed by atoms with E-state index < -0.39 is 0 Å². The highest BCUT2D eigenvalue weighted by Gasteiger charge is 2.23. The SMILES string of the molecule is CCC(=O)N(CC(=O)N(CCc1ccc(OC)c(OC)c1)Cc1ccc(C)o1)C(C)C. The molecule has 0 saturated heterocycles. The van der Waals surface area contributed by atoms with Crippen LogP contribution in [-0.2, 0) is 22.6 Å². The van der Waals surface area contributed by atoms with Crippen molar-refractivity contribution in [2.75, 3.05) is 27.3 Å². The standard InChI is InChI=1S/C24H34N2O5/c1-7-23(27)26(17(2)3)16-24(28)25(15-20-10-8-18(4)31-20)13-12-19-9-11-21(29-5)22(14-19)30-6/h8-11,14,17H,7,12-13,15-16H2,1-6H3. The number of aryl methyl sites for hydroxylation is 1. The molecule has 0 saturated carbocycles. The number of nitrogens with zero attached hydrogens (tertiary/aromatic N) is 2. The minimum Gasteiger partial charge on any atom is -0.493 e. The Balaban J connectivity index is 2.18. The van der Waals surface area contributed by atoms with Gasteiger partial charge in [-0.05, 0) is 57.0 Å². The highest BCUT2D eigenvalue weighted by molar-refractivity contribution is 5.85. The maximum atomic E-state index is 13.2. The average molecular weight is 431 g/mol. The highest BCUT2D eigenvalue weighted by Crippen LogP contribution is 2.27. The fraction of sp³-hybridized carbons (Fsp3) is 0.500. The van der Waals surface area contributed by atoms with Crippen molar-refractivity contribution in [3.63, 3.8) is 0 Å². The second kappa shape index (κ2) is 11.4. The molecule has 2 rings (SSSR count). The summed E-state index contributed by atoms with van der Waals surface area (Å²) in [5.41, 5.74) is 1.02. The summed E-state index contributed by atoms with van der Waals surface area (Å²) in [7, 11) is 3.20. The molecule has 31 heavy (non-hydrogen) atoms. The Morgan fingerprint density at radius 3 is 2.29 bits per heavy atom. The number of hydrogen-bond acceptors (Lipinski definition) is 5. The van der Waals surface area contributed by atoms with Crippen LogP contribution in [0.2, 0.25) is 0 Å². The molecule has 0 aliphatic heterocycles. The van der Waals surface area contributed by atoms with E-state index in [-0.39, 0.29) is 24.4 Å². The molecule has 7 heteroatoms. The molecule has 2 aromatic rings. The van der Waals surface area contributed by atoms with Crippen molar-refractivity contribution < 1.29 is 23.5 Å². The van der Waals surface area contributed by atoms with Crippen molar-refractivity contribution in [1.82, 2.24) is 9.80 Å². The second-order valence-corrected chi connectivity index (χ2v) is 7.74. The number of methoxy groups -OCH3 is 2. The second-order valence-electron chi connectivity index (χ2n) is 7.74. The minimum atomic E-state index is -0.106. The van der Waals surface area contributed by atoms with Crippen LogP contribution in [-0.4, -0.2) is 55.0 Å². The molecule has 0 spiro atoms. The van der Waals surface area contributed by atoms with Crippen LogP contribution in [0.5, 0.6) is 11.5 Å². The van der Waals surface area contributed by atoms with Crippen LogP contribution in [0.15, 0.2) is 34.7 Å². The van der Waals surface area contributed by atoms with Crippen molar-refractivity contribution >= 4 is 11.8 Å². The van der Waals surface area contributed by atoms with Gasteiger partial charge in [0.05, 0.1) is 27.3 Å². The first-order chi connectivity index (χ1) is 14.8. The molecule has 0 atom stereocenters. The number of benzene rings is 1. The van der Waals surface area contributed by atoms with Gasteiger partial charge in [-0.2, -0.15) is 0 Å². The van der Waals surface area contributed by atoms with Gasteiger partial charge in [0.25, 0.3) is 0 Å². The third-order valence-electron chi connectivity index (χ3n) is 5.17. The summed E-state index contributed by atoms with van der Waals surface area (Å²) in [6.07, 6.45) is 1.00. The topological polar surface area (TPSA) is 72.2 Å². The van der Waals surface area contributed by atoms with E-state index in [1.165, 1.54) is 0 Å². The lowest BCUT2D eigenvalue weighted by Crippen LogP contribution is -2.46. The summed E-state index contributed by atoms with van der Waals surface area (Å²) in [6.45, 7) is 8.42. The average Bonchev–Trinajstić information content (AvgIpc) is 3.18.